The van der Waals surface area contributed by atoms with Crippen LogP contribution in [0.2, 0.25) is 0 Å². The molecule has 10 atom stereocenters. The Morgan fingerprint density at radius 1 is 0.911 bits per heavy atom. The van der Waals surface area contributed by atoms with Crippen LogP contribution < -0.4 is 11.5 Å². The fourth-order valence-corrected chi connectivity index (χ4v) is 8.11. The van der Waals surface area contributed by atoms with E-state index in [9.17, 15) is 9.13 Å². The van der Waals surface area contributed by atoms with Gasteiger partial charge in [-0.15, -0.1) is 0 Å². The first-order valence-corrected chi connectivity index (χ1v) is 16.7. The van der Waals surface area contributed by atoms with Gasteiger partial charge in [0.2, 0.25) is 15.1 Å². The average molecular weight is 659 g/mol. The van der Waals surface area contributed by atoms with Crippen molar-refractivity contribution >= 4 is 63.9 Å². The fraction of sp³-hybridized carbons (Fsp3) is 0.500. The maximum atomic E-state index is 16.1. The van der Waals surface area contributed by atoms with Gasteiger partial charge in [-0.1, -0.05) is 0 Å². The van der Waals surface area contributed by atoms with Crippen LogP contribution in [0.25, 0.3) is 22.3 Å². The summed E-state index contributed by atoms with van der Waals surface area (Å²) in [5, 5.41) is 0. The van der Waals surface area contributed by atoms with Crippen molar-refractivity contribution in [1.29, 1.82) is 0 Å². The largest absolute Gasteiger partial charge is 0.397 e. The maximum Gasteiger partial charge on any atom is 0.264 e. The molecule has 4 aromatic rings. The zero-order valence-electron chi connectivity index (χ0n) is 22.9. The number of hydrogen-bond donors (Lipinski definition) is 2. The molecule has 4 fully saturated rings. The van der Waals surface area contributed by atoms with Crippen molar-refractivity contribution < 1.29 is 45.8 Å². The number of fused-ring (bicyclic) bond motifs is 3. The van der Waals surface area contributed by atoms with Crippen LogP contribution in [0, 0.1) is 0 Å². The number of anilines is 2. The Morgan fingerprint density at radius 3 is 2.47 bits per heavy atom. The number of ether oxygens (including phenoxy) is 3. The van der Waals surface area contributed by atoms with Crippen LogP contribution in [0.1, 0.15) is 12.5 Å². The van der Waals surface area contributed by atoms with Gasteiger partial charge in [0.25, 0.3) is 14.9 Å². The highest BCUT2D eigenvalue weighted by Gasteiger charge is 2.65. The number of nitrogen functional groups attached to an aromatic ring is 2. The van der Waals surface area contributed by atoms with Crippen molar-refractivity contribution in [2.24, 2.45) is 0 Å². The second-order valence-electron chi connectivity index (χ2n) is 10.9. The minimum Gasteiger partial charge on any atom is -0.397 e. The van der Waals surface area contributed by atoms with Crippen molar-refractivity contribution in [1.82, 2.24) is 34.1 Å². The third-order valence-corrected chi connectivity index (χ3v) is 10.2. The highest BCUT2D eigenvalue weighted by atomic mass is 31.2. The molecule has 0 spiro atoms. The minimum atomic E-state index is -4.53. The van der Waals surface area contributed by atoms with Gasteiger partial charge in [-0.25, -0.2) is 29.3 Å². The van der Waals surface area contributed by atoms with E-state index in [0.29, 0.717) is 22.4 Å². The molecule has 23 heteroatoms. The first-order chi connectivity index (χ1) is 21.5. The molecule has 0 aromatic carbocycles. The van der Waals surface area contributed by atoms with Gasteiger partial charge in [-0.2, -0.15) is 0 Å². The van der Waals surface area contributed by atoms with Gasteiger partial charge in [0, 0.05) is 6.20 Å². The van der Waals surface area contributed by atoms with Gasteiger partial charge in [0.05, 0.1) is 38.2 Å². The highest BCUT2D eigenvalue weighted by Crippen LogP contribution is 2.58. The lowest BCUT2D eigenvalue weighted by atomic mass is 10.0. The van der Waals surface area contributed by atoms with Crippen LogP contribution in [-0.4, -0.2) is 105 Å². The van der Waals surface area contributed by atoms with Crippen LogP contribution in [-0.2, 0) is 41.4 Å². The van der Waals surface area contributed by atoms with Gasteiger partial charge in [0.1, 0.15) is 47.4 Å². The van der Waals surface area contributed by atoms with Crippen LogP contribution in [0.5, 0.6) is 0 Å². The minimum absolute atomic E-state index is 0.135. The zero-order chi connectivity index (χ0) is 31.3. The molecule has 232 valence electrons. The van der Waals surface area contributed by atoms with E-state index in [1.54, 1.807) is 0 Å². The fourth-order valence-electron chi connectivity index (χ4n) is 6.01. The molecule has 0 saturated carbocycles. The molecule has 0 amide bonds. The van der Waals surface area contributed by atoms with E-state index in [1.165, 1.54) is 40.4 Å². The molecular formula is C22H22B2FN9O9P2. The molecule has 8 heterocycles. The molecule has 4 aliphatic rings. The molecule has 8 rings (SSSR count). The van der Waals surface area contributed by atoms with E-state index in [-0.39, 0.29) is 18.1 Å². The summed E-state index contributed by atoms with van der Waals surface area (Å²) in [5.41, 5.74) is 11.8. The number of aromatic nitrogens is 7. The second kappa shape index (κ2) is 10.3. The summed E-state index contributed by atoms with van der Waals surface area (Å²) < 4.78 is 86.4. The Hall–Kier alpha value is -2.99. The van der Waals surface area contributed by atoms with Crippen molar-refractivity contribution in [2.75, 3.05) is 31.3 Å². The van der Waals surface area contributed by atoms with Crippen LogP contribution >= 0.6 is 14.9 Å². The lowest BCUT2D eigenvalue weighted by molar-refractivity contribution is -0.183. The van der Waals surface area contributed by atoms with Gasteiger partial charge < -0.3 is 43.8 Å². The molecule has 0 aliphatic carbocycles. The third kappa shape index (κ3) is 4.72. The summed E-state index contributed by atoms with van der Waals surface area (Å²) in [7, 11) is 3.03. The quantitative estimate of drug-likeness (QED) is 0.223. The molecule has 2 bridgehead atoms. The number of nitrogens with zero attached hydrogens (tertiary/aromatic N) is 7. The number of imidazole rings is 2. The molecule has 4 saturated heterocycles. The van der Waals surface area contributed by atoms with E-state index in [0.717, 1.165) is 0 Å². The number of hydrogen-bond acceptors (Lipinski definition) is 16. The smallest absolute Gasteiger partial charge is 0.264 e. The third-order valence-electron chi connectivity index (χ3n) is 8.10. The summed E-state index contributed by atoms with van der Waals surface area (Å²) in [4.78, 5) is 20.8. The first kappa shape index (κ1) is 29.4. The van der Waals surface area contributed by atoms with Gasteiger partial charge in [-0.3, -0.25) is 18.3 Å². The van der Waals surface area contributed by atoms with Crippen molar-refractivity contribution in [3.05, 3.63) is 31.2 Å². The summed E-state index contributed by atoms with van der Waals surface area (Å²) in [6, 6.07) is 1.54. The average Bonchev–Trinajstić information content (AvgIpc) is 3.80. The van der Waals surface area contributed by atoms with Crippen LogP contribution in [0.4, 0.5) is 15.9 Å². The first-order valence-electron chi connectivity index (χ1n) is 13.5. The molecule has 4 aliphatic heterocycles. The normalized spacial score (nSPS) is 40.2. The second-order valence-corrected chi connectivity index (χ2v) is 14.0. The molecule has 45 heavy (non-hydrogen) atoms. The van der Waals surface area contributed by atoms with E-state index in [2.05, 4.69) is 24.9 Å². The lowest BCUT2D eigenvalue weighted by Gasteiger charge is -2.34. The molecular weight excluding hydrogens is 637 g/mol. The lowest BCUT2D eigenvalue weighted by Crippen LogP contribution is -2.46. The summed E-state index contributed by atoms with van der Waals surface area (Å²) in [6.07, 6.45) is -4.14. The molecule has 4 aromatic heterocycles. The van der Waals surface area contributed by atoms with E-state index < -0.39 is 76.8 Å². The zero-order valence-corrected chi connectivity index (χ0v) is 24.7. The Balaban J connectivity index is 1.10. The van der Waals surface area contributed by atoms with E-state index in [4.69, 9.17) is 58.9 Å². The van der Waals surface area contributed by atoms with Crippen molar-refractivity contribution in [3.8, 4) is 0 Å². The SMILES string of the molecule is [B]P1(=O)OC[C@@]23COC([C@H](n4cnc5c(N)ncnc54)O2)[C@H]3OP([B])(=O)OC[C@H]2O[C@@H](n3cnc4c(N)ccnc43)[C@@H](F)C2O1. The Labute approximate surface area is 255 Å². The van der Waals surface area contributed by atoms with Gasteiger partial charge >= 0.3 is 0 Å². The van der Waals surface area contributed by atoms with Gasteiger partial charge in [0.15, 0.2) is 35.7 Å². The molecule has 4 radical (unpaired) electrons. The van der Waals surface area contributed by atoms with Gasteiger partial charge in [-0.05, 0) is 6.07 Å². The standard InChI is InChI=1S/C22H22B2FN9O9P2/c23-44(35)38-3-10-14(11(25)20(40-10)33-7-31-12-9(26)1-2-28-18(12)33)42-45(24,36)39-5-22-4-37-15(16(22)43-44)21(41-22)34-8-32-13-17(27)29-6-30-19(13)34/h1-2,6-8,10-11,14-16,20-21H,3-5H2,(H2,26,28)(H2,27,29,30)/t10-,11+,14?,15?,16-,20-,21-,22-,44?,45?/m1/s1. The number of halogens is 1. The topological polar surface area (TPSA) is 225 Å². The van der Waals surface area contributed by atoms with E-state index >= 15 is 4.39 Å². The number of rotatable bonds is 2. The van der Waals surface area contributed by atoms with Crippen molar-refractivity contribution in [2.45, 2.75) is 48.6 Å². The highest BCUT2D eigenvalue weighted by molar-refractivity contribution is 7.79. The Morgan fingerprint density at radius 2 is 1.64 bits per heavy atom. The number of nitrogens with two attached hydrogens (primary N) is 2. The number of alkyl halides is 1. The summed E-state index contributed by atoms with van der Waals surface area (Å²) >= 11 is 0. The van der Waals surface area contributed by atoms with Crippen LogP contribution in [0.3, 0.4) is 0 Å². The molecule has 4 unspecified atom stereocenters. The Kier molecular flexibility index (Phi) is 6.70. The predicted molar refractivity (Wildman–Crippen MR) is 151 cm³/mol. The molecule has 18 nitrogen and oxygen atoms in total. The summed E-state index contributed by atoms with van der Waals surface area (Å²) in [5.74, 6) is 0.135. The maximum absolute atomic E-state index is 16.1. The molecule has 4 N–H and O–H groups in total. The Bertz CT molecular complexity index is 1920. The monoisotopic (exact) mass is 659 g/mol. The predicted octanol–water partition coefficient (Wildman–Crippen LogP) is 0.708. The number of pyridine rings is 1. The van der Waals surface area contributed by atoms with E-state index in [1.807, 2.05) is 0 Å². The van der Waals surface area contributed by atoms with Crippen molar-refractivity contribution in [3.63, 3.8) is 0 Å². The van der Waals surface area contributed by atoms with Crippen LogP contribution in [0.15, 0.2) is 31.2 Å². The summed E-state index contributed by atoms with van der Waals surface area (Å²) in [6.45, 7) is -1.35.